The molecule has 1 aliphatic rings. The van der Waals surface area contributed by atoms with Crippen molar-refractivity contribution in [1.29, 1.82) is 0 Å². The lowest BCUT2D eigenvalue weighted by Crippen LogP contribution is -2.40. The summed E-state index contributed by atoms with van der Waals surface area (Å²) in [6.45, 7) is 8.86. The van der Waals surface area contributed by atoms with Gasteiger partial charge in [-0.15, -0.1) is 0 Å². The van der Waals surface area contributed by atoms with Crippen molar-refractivity contribution in [3.63, 3.8) is 0 Å². The zero-order valence-corrected chi connectivity index (χ0v) is 16.4. The SMILES string of the molecule is COCCNC(=O)c1cc([C@H]2CN(CC(C)C)CCO2)nc2ccccc12. The summed E-state index contributed by atoms with van der Waals surface area (Å²) in [5.41, 5.74) is 2.27. The van der Waals surface area contributed by atoms with Gasteiger partial charge in [-0.25, -0.2) is 4.98 Å². The summed E-state index contributed by atoms with van der Waals surface area (Å²) < 4.78 is 11.0. The van der Waals surface area contributed by atoms with Crippen LogP contribution in [0.2, 0.25) is 0 Å². The number of amides is 1. The summed E-state index contributed by atoms with van der Waals surface area (Å²) in [4.78, 5) is 19.9. The van der Waals surface area contributed by atoms with E-state index >= 15 is 0 Å². The number of aromatic nitrogens is 1. The normalized spacial score (nSPS) is 18.1. The average Bonchev–Trinajstić information content (AvgIpc) is 2.67. The Hall–Kier alpha value is -2.02. The van der Waals surface area contributed by atoms with Crippen LogP contribution in [0, 0.1) is 5.92 Å². The van der Waals surface area contributed by atoms with Crippen LogP contribution in [0.25, 0.3) is 10.9 Å². The largest absolute Gasteiger partial charge is 0.383 e. The van der Waals surface area contributed by atoms with Crippen LogP contribution in [-0.2, 0) is 9.47 Å². The second kappa shape index (κ2) is 9.26. The summed E-state index contributed by atoms with van der Waals surface area (Å²) in [5, 5.41) is 3.77. The van der Waals surface area contributed by atoms with Crippen LogP contribution in [0.3, 0.4) is 0 Å². The molecule has 1 aliphatic heterocycles. The molecule has 1 saturated heterocycles. The van der Waals surface area contributed by atoms with Crippen molar-refractivity contribution in [2.75, 3.05) is 46.5 Å². The van der Waals surface area contributed by atoms with E-state index in [4.69, 9.17) is 14.5 Å². The van der Waals surface area contributed by atoms with E-state index in [1.54, 1.807) is 7.11 Å². The van der Waals surface area contributed by atoms with Crippen LogP contribution in [0.4, 0.5) is 0 Å². The Kier molecular flexibility index (Phi) is 6.77. The molecule has 146 valence electrons. The highest BCUT2D eigenvalue weighted by Crippen LogP contribution is 2.26. The maximum absolute atomic E-state index is 12.7. The molecule has 0 bridgehead atoms. The number of rotatable bonds is 7. The van der Waals surface area contributed by atoms with Crippen LogP contribution < -0.4 is 5.32 Å². The van der Waals surface area contributed by atoms with Crippen LogP contribution in [-0.4, -0.2) is 62.3 Å². The van der Waals surface area contributed by atoms with Crippen molar-refractivity contribution in [2.45, 2.75) is 20.0 Å². The number of hydrogen-bond acceptors (Lipinski definition) is 5. The van der Waals surface area contributed by atoms with Crippen LogP contribution >= 0.6 is 0 Å². The van der Waals surface area contributed by atoms with Crippen molar-refractivity contribution in [2.24, 2.45) is 5.92 Å². The smallest absolute Gasteiger partial charge is 0.252 e. The molecule has 0 saturated carbocycles. The number of hydrogen-bond donors (Lipinski definition) is 1. The molecule has 1 aromatic carbocycles. The third kappa shape index (κ3) is 5.03. The third-order valence-corrected chi connectivity index (χ3v) is 4.68. The first kappa shape index (κ1) is 19.7. The van der Waals surface area contributed by atoms with Crippen molar-refractivity contribution in [1.82, 2.24) is 15.2 Å². The maximum Gasteiger partial charge on any atom is 0.252 e. The minimum atomic E-state index is -0.118. The predicted molar refractivity (Wildman–Crippen MR) is 106 cm³/mol. The number of carbonyl (C=O) groups is 1. The minimum absolute atomic E-state index is 0.109. The van der Waals surface area contributed by atoms with E-state index in [0.717, 1.165) is 36.2 Å². The zero-order valence-electron chi connectivity index (χ0n) is 16.4. The fourth-order valence-corrected chi connectivity index (χ4v) is 3.47. The number of carbonyl (C=O) groups excluding carboxylic acids is 1. The second-order valence-corrected chi connectivity index (χ2v) is 7.37. The number of nitrogens with one attached hydrogen (secondary N) is 1. The highest BCUT2D eigenvalue weighted by molar-refractivity contribution is 6.06. The first-order valence-corrected chi connectivity index (χ1v) is 9.59. The quantitative estimate of drug-likeness (QED) is 0.758. The minimum Gasteiger partial charge on any atom is -0.383 e. The first-order valence-electron chi connectivity index (χ1n) is 9.59. The van der Waals surface area contributed by atoms with E-state index in [1.165, 1.54) is 0 Å². The number of ether oxygens (including phenoxy) is 2. The van der Waals surface area contributed by atoms with Gasteiger partial charge in [0, 0.05) is 38.7 Å². The van der Waals surface area contributed by atoms with Crippen molar-refractivity contribution in [3.8, 4) is 0 Å². The highest BCUT2D eigenvalue weighted by atomic mass is 16.5. The summed E-state index contributed by atoms with van der Waals surface area (Å²) in [5.74, 6) is 0.497. The van der Waals surface area contributed by atoms with E-state index < -0.39 is 0 Å². The number of nitrogens with zero attached hydrogens (tertiary/aromatic N) is 2. The standard InChI is InChI=1S/C21H29N3O3/c1-15(2)13-24-9-11-27-20(14-24)19-12-17(21(25)22-8-10-26-3)16-6-4-5-7-18(16)23-19/h4-7,12,15,20H,8-11,13-14H2,1-3H3,(H,22,25)/t20-/m1/s1. The highest BCUT2D eigenvalue weighted by Gasteiger charge is 2.25. The van der Waals surface area contributed by atoms with Gasteiger partial charge in [-0.05, 0) is 18.1 Å². The lowest BCUT2D eigenvalue weighted by atomic mass is 10.0. The van der Waals surface area contributed by atoms with Gasteiger partial charge in [0.2, 0.25) is 0 Å². The van der Waals surface area contributed by atoms with Crippen molar-refractivity contribution >= 4 is 16.8 Å². The molecule has 3 rings (SSSR count). The van der Waals surface area contributed by atoms with Gasteiger partial charge in [0.05, 0.1) is 30.0 Å². The van der Waals surface area contributed by atoms with Gasteiger partial charge in [-0.3, -0.25) is 9.69 Å². The fraction of sp³-hybridized carbons (Fsp3) is 0.524. The molecule has 2 heterocycles. The molecule has 0 spiro atoms. The molecule has 2 aromatic rings. The lowest BCUT2D eigenvalue weighted by molar-refractivity contribution is -0.0351. The van der Waals surface area contributed by atoms with Gasteiger partial charge < -0.3 is 14.8 Å². The van der Waals surface area contributed by atoms with E-state index in [0.29, 0.717) is 31.2 Å². The molecular weight excluding hydrogens is 342 g/mol. The summed E-state index contributed by atoms with van der Waals surface area (Å²) in [6.07, 6.45) is -0.118. The molecular formula is C21H29N3O3. The molecule has 1 fully saturated rings. The van der Waals surface area contributed by atoms with Crippen LogP contribution in [0.1, 0.15) is 36.0 Å². The topological polar surface area (TPSA) is 63.7 Å². The number of morpholine rings is 1. The first-order chi connectivity index (χ1) is 13.1. The Balaban J connectivity index is 1.88. The van der Waals surface area contributed by atoms with Gasteiger partial charge in [0.25, 0.3) is 5.91 Å². The molecule has 1 aromatic heterocycles. The molecule has 0 aliphatic carbocycles. The molecule has 0 radical (unpaired) electrons. The third-order valence-electron chi connectivity index (χ3n) is 4.68. The van der Waals surface area contributed by atoms with E-state index in [1.807, 2.05) is 30.3 Å². The van der Waals surface area contributed by atoms with Crippen molar-refractivity contribution < 1.29 is 14.3 Å². The number of benzene rings is 1. The molecule has 0 unspecified atom stereocenters. The molecule has 6 nitrogen and oxygen atoms in total. The van der Waals surface area contributed by atoms with Gasteiger partial charge in [-0.1, -0.05) is 32.0 Å². The van der Waals surface area contributed by atoms with E-state index in [9.17, 15) is 4.79 Å². The summed E-state index contributed by atoms with van der Waals surface area (Å²) >= 11 is 0. The van der Waals surface area contributed by atoms with Gasteiger partial charge in [0.15, 0.2) is 0 Å². The molecule has 1 atom stereocenters. The zero-order chi connectivity index (χ0) is 19.2. The maximum atomic E-state index is 12.7. The number of pyridine rings is 1. The number of para-hydroxylation sites is 1. The fourth-order valence-electron chi connectivity index (χ4n) is 3.47. The van der Waals surface area contributed by atoms with Crippen LogP contribution in [0.5, 0.6) is 0 Å². The molecule has 1 N–H and O–H groups in total. The van der Waals surface area contributed by atoms with E-state index in [2.05, 4.69) is 24.1 Å². The average molecular weight is 371 g/mol. The Bertz CT molecular complexity index is 778. The van der Waals surface area contributed by atoms with Gasteiger partial charge >= 0.3 is 0 Å². The molecule has 1 amide bonds. The molecule has 27 heavy (non-hydrogen) atoms. The Morgan fingerprint density at radius 1 is 1.41 bits per heavy atom. The van der Waals surface area contributed by atoms with E-state index in [-0.39, 0.29) is 12.0 Å². The van der Waals surface area contributed by atoms with Gasteiger partial charge in [0.1, 0.15) is 6.10 Å². The number of methoxy groups -OCH3 is 1. The summed E-state index contributed by atoms with van der Waals surface area (Å²) in [7, 11) is 1.62. The lowest BCUT2D eigenvalue weighted by Gasteiger charge is -2.33. The Morgan fingerprint density at radius 2 is 2.22 bits per heavy atom. The van der Waals surface area contributed by atoms with Crippen molar-refractivity contribution in [3.05, 3.63) is 41.6 Å². The summed E-state index contributed by atoms with van der Waals surface area (Å²) in [6, 6.07) is 9.63. The van der Waals surface area contributed by atoms with Gasteiger partial charge in [-0.2, -0.15) is 0 Å². The second-order valence-electron chi connectivity index (χ2n) is 7.37. The molecule has 6 heteroatoms. The Labute approximate surface area is 160 Å². The Morgan fingerprint density at radius 3 is 3.00 bits per heavy atom. The number of fused-ring (bicyclic) bond motifs is 1. The predicted octanol–water partition coefficient (Wildman–Crippen LogP) is 2.64. The van der Waals surface area contributed by atoms with Crippen LogP contribution in [0.15, 0.2) is 30.3 Å². The monoisotopic (exact) mass is 371 g/mol.